The molecular formula is C14H7BrCl2F4. The van der Waals surface area contributed by atoms with Crippen molar-refractivity contribution in [1.29, 1.82) is 0 Å². The molecule has 7 heteroatoms. The zero-order valence-electron chi connectivity index (χ0n) is 10.2. The molecule has 0 N–H and O–H groups in total. The molecule has 0 bridgehead atoms. The lowest BCUT2D eigenvalue weighted by Gasteiger charge is -2.15. The van der Waals surface area contributed by atoms with Gasteiger partial charge in [-0.05, 0) is 35.4 Å². The normalized spacial score (nSPS) is 13.3. The third-order valence-electron chi connectivity index (χ3n) is 2.82. The molecule has 0 aliphatic rings. The Labute approximate surface area is 136 Å². The van der Waals surface area contributed by atoms with E-state index in [9.17, 15) is 17.6 Å². The van der Waals surface area contributed by atoms with Crippen molar-refractivity contribution in [3.05, 3.63) is 69.0 Å². The van der Waals surface area contributed by atoms with Crippen molar-refractivity contribution in [2.75, 3.05) is 0 Å². The summed E-state index contributed by atoms with van der Waals surface area (Å²) in [4.78, 5) is -0.561. The van der Waals surface area contributed by atoms with Crippen molar-refractivity contribution in [3.63, 3.8) is 0 Å². The van der Waals surface area contributed by atoms with Gasteiger partial charge >= 0.3 is 6.18 Å². The molecular weight excluding hydrogens is 395 g/mol. The fourth-order valence-corrected chi connectivity index (χ4v) is 2.66. The highest BCUT2D eigenvalue weighted by Crippen LogP contribution is 2.38. The van der Waals surface area contributed by atoms with Crippen LogP contribution in [0.2, 0.25) is 10.0 Å². The number of hydrogen-bond acceptors (Lipinski definition) is 0. The minimum atomic E-state index is -4.75. The summed E-state index contributed by atoms with van der Waals surface area (Å²) in [6.45, 7) is 0. The van der Waals surface area contributed by atoms with E-state index < -0.39 is 22.4 Å². The molecule has 0 aliphatic heterocycles. The molecule has 0 fully saturated rings. The Hall–Kier alpha value is -0.780. The van der Waals surface area contributed by atoms with Crippen molar-refractivity contribution in [3.8, 4) is 0 Å². The van der Waals surface area contributed by atoms with E-state index >= 15 is 0 Å². The maximum atomic E-state index is 13.3. The first-order valence-corrected chi connectivity index (χ1v) is 7.33. The maximum absolute atomic E-state index is 13.3. The largest absolute Gasteiger partial charge is 0.419 e. The summed E-state index contributed by atoms with van der Waals surface area (Å²) in [7, 11) is 0. The second-order valence-electron chi connectivity index (χ2n) is 4.27. The van der Waals surface area contributed by atoms with Crippen LogP contribution in [0.25, 0.3) is 0 Å². The van der Waals surface area contributed by atoms with Gasteiger partial charge in [0.15, 0.2) is 0 Å². The van der Waals surface area contributed by atoms with Crippen LogP contribution in [-0.2, 0) is 6.18 Å². The van der Waals surface area contributed by atoms with E-state index in [1.165, 1.54) is 6.07 Å². The van der Waals surface area contributed by atoms with Crippen LogP contribution >= 0.6 is 39.1 Å². The smallest absolute Gasteiger partial charge is 0.206 e. The molecule has 1 unspecified atom stereocenters. The third kappa shape index (κ3) is 3.71. The second-order valence-corrected chi connectivity index (χ2v) is 6.00. The van der Waals surface area contributed by atoms with E-state index in [1.54, 1.807) is 18.2 Å². The van der Waals surface area contributed by atoms with Crippen molar-refractivity contribution in [2.24, 2.45) is 0 Å². The fourth-order valence-electron chi connectivity index (χ4n) is 1.78. The first-order chi connectivity index (χ1) is 9.70. The molecule has 21 heavy (non-hydrogen) atoms. The SMILES string of the molecule is Fc1ccc(C(Br)c2ccc(Cl)c(Cl)c2)cc1C(F)(F)F. The van der Waals surface area contributed by atoms with E-state index in [0.29, 0.717) is 10.6 Å². The molecule has 0 nitrogen and oxygen atoms in total. The Bertz CT molecular complexity index is 671. The predicted octanol–water partition coefficient (Wildman–Crippen LogP) is 6.64. The summed E-state index contributed by atoms with van der Waals surface area (Å²) in [5.41, 5.74) is -0.421. The predicted molar refractivity (Wildman–Crippen MR) is 78.6 cm³/mol. The quantitative estimate of drug-likeness (QED) is 0.391. The average Bonchev–Trinajstić information content (AvgIpc) is 2.40. The van der Waals surface area contributed by atoms with Crippen LogP contribution in [0.4, 0.5) is 17.6 Å². The molecule has 0 amide bonds. The summed E-state index contributed by atoms with van der Waals surface area (Å²) in [5.74, 6) is -1.31. The molecule has 0 saturated carbocycles. The minimum Gasteiger partial charge on any atom is -0.206 e. The lowest BCUT2D eigenvalue weighted by molar-refractivity contribution is -0.140. The Morgan fingerprint density at radius 3 is 2.05 bits per heavy atom. The zero-order valence-corrected chi connectivity index (χ0v) is 13.3. The van der Waals surface area contributed by atoms with E-state index in [0.717, 1.165) is 12.1 Å². The number of rotatable bonds is 2. The van der Waals surface area contributed by atoms with Crippen LogP contribution < -0.4 is 0 Å². The monoisotopic (exact) mass is 400 g/mol. The van der Waals surface area contributed by atoms with E-state index in [2.05, 4.69) is 15.9 Å². The van der Waals surface area contributed by atoms with Crippen molar-refractivity contribution >= 4 is 39.1 Å². The van der Waals surface area contributed by atoms with Gasteiger partial charge in [0.1, 0.15) is 5.82 Å². The first-order valence-electron chi connectivity index (χ1n) is 5.66. The third-order valence-corrected chi connectivity index (χ3v) is 4.62. The van der Waals surface area contributed by atoms with Crippen LogP contribution in [-0.4, -0.2) is 0 Å². The molecule has 0 radical (unpaired) electrons. The Morgan fingerprint density at radius 1 is 0.905 bits per heavy atom. The van der Waals surface area contributed by atoms with Crippen molar-refractivity contribution in [1.82, 2.24) is 0 Å². The van der Waals surface area contributed by atoms with Gasteiger partial charge in [-0.3, -0.25) is 0 Å². The summed E-state index contributed by atoms with van der Waals surface area (Å²) < 4.78 is 51.4. The molecule has 0 heterocycles. The minimum absolute atomic E-state index is 0.266. The number of halogens is 7. The van der Waals surface area contributed by atoms with E-state index in [4.69, 9.17) is 23.2 Å². The average molecular weight is 402 g/mol. The molecule has 0 saturated heterocycles. The summed E-state index contributed by atoms with van der Waals surface area (Å²) in [6.07, 6.45) is -4.75. The molecule has 1 atom stereocenters. The number of alkyl halides is 4. The van der Waals surface area contributed by atoms with Crippen molar-refractivity contribution in [2.45, 2.75) is 11.0 Å². The van der Waals surface area contributed by atoms with Gasteiger partial charge < -0.3 is 0 Å². The second kappa shape index (κ2) is 6.15. The summed E-state index contributed by atoms with van der Waals surface area (Å²) in [5, 5.41) is 0.631. The van der Waals surface area contributed by atoms with Crippen molar-refractivity contribution < 1.29 is 17.6 Å². The Kier molecular flexibility index (Phi) is 4.85. The van der Waals surface area contributed by atoms with Gasteiger partial charge in [0.2, 0.25) is 0 Å². The topological polar surface area (TPSA) is 0 Å². The van der Waals surface area contributed by atoms with Gasteiger partial charge in [0.05, 0.1) is 20.4 Å². The fraction of sp³-hybridized carbons (Fsp3) is 0.143. The van der Waals surface area contributed by atoms with Gasteiger partial charge in [-0.15, -0.1) is 0 Å². The van der Waals surface area contributed by atoms with Crippen LogP contribution in [0.15, 0.2) is 36.4 Å². The highest BCUT2D eigenvalue weighted by atomic mass is 79.9. The molecule has 0 spiro atoms. The van der Waals surface area contributed by atoms with Crippen LogP contribution in [0, 0.1) is 5.82 Å². The molecule has 112 valence electrons. The maximum Gasteiger partial charge on any atom is 0.419 e. The Morgan fingerprint density at radius 2 is 1.48 bits per heavy atom. The molecule has 2 rings (SSSR count). The van der Waals surface area contributed by atoms with Gasteiger partial charge in [-0.1, -0.05) is 51.3 Å². The highest BCUT2D eigenvalue weighted by Gasteiger charge is 2.34. The summed E-state index contributed by atoms with van der Waals surface area (Å²) >= 11 is 15.0. The summed E-state index contributed by atoms with van der Waals surface area (Å²) in [6, 6.07) is 7.57. The van der Waals surface area contributed by atoms with Crippen LogP contribution in [0.3, 0.4) is 0 Å². The van der Waals surface area contributed by atoms with Gasteiger partial charge in [-0.25, -0.2) is 4.39 Å². The van der Waals surface area contributed by atoms with Crippen LogP contribution in [0.5, 0.6) is 0 Å². The number of hydrogen-bond donors (Lipinski definition) is 0. The number of benzene rings is 2. The first kappa shape index (κ1) is 16.6. The standard InChI is InChI=1S/C14H7BrCl2F4/c15-13(8-1-3-10(16)11(17)6-8)7-2-4-12(18)9(5-7)14(19,20)21/h1-6,13H. The molecule has 0 aliphatic carbocycles. The highest BCUT2D eigenvalue weighted by molar-refractivity contribution is 9.09. The van der Waals surface area contributed by atoms with Gasteiger partial charge in [0.25, 0.3) is 0 Å². The van der Waals surface area contributed by atoms with Gasteiger partial charge in [-0.2, -0.15) is 13.2 Å². The van der Waals surface area contributed by atoms with E-state index in [1.807, 2.05) is 0 Å². The zero-order chi connectivity index (χ0) is 15.8. The molecule has 0 aromatic heterocycles. The lowest BCUT2D eigenvalue weighted by atomic mass is 10.0. The molecule has 2 aromatic carbocycles. The molecule has 2 aromatic rings. The van der Waals surface area contributed by atoms with Gasteiger partial charge in [0, 0.05) is 0 Å². The van der Waals surface area contributed by atoms with Crippen LogP contribution in [0.1, 0.15) is 21.5 Å². The van der Waals surface area contributed by atoms with E-state index in [-0.39, 0.29) is 10.6 Å². The Balaban J connectivity index is 2.44. The lowest BCUT2D eigenvalue weighted by Crippen LogP contribution is -2.09.